The molecular weight excluding hydrogens is 164 g/mol. The zero-order chi connectivity index (χ0) is 9.26. The van der Waals surface area contributed by atoms with Crippen LogP contribution in [0.25, 0.3) is 10.8 Å². The van der Waals surface area contributed by atoms with Crippen molar-refractivity contribution in [2.45, 2.75) is 0 Å². The Kier molecular flexibility index (Phi) is 1.77. The number of fused-ring (bicyclic) bond motifs is 1. The van der Waals surface area contributed by atoms with Crippen molar-refractivity contribution < 1.29 is 4.74 Å². The van der Waals surface area contributed by atoms with E-state index in [0.717, 1.165) is 16.5 Å². The summed E-state index contributed by atoms with van der Waals surface area (Å²) in [5.41, 5.74) is 6.54. The van der Waals surface area contributed by atoms with Crippen LogP contribution in [0, 0.1) is 0 Å². The Morgan fingerprint density at radius 2 is 2.08 bits per heavy atom. The van der Waals surface area contributed by atoms with Gasteiger partial charge in [-0.3, -0.25) is 0 Å². The van der Waals surface area contributed by atoms with Gasteiger partial charge in [0.2, 0.25) is 5.88 Å². The predicted molar refractivity (Wildman–Crippen MR) is 52.7 cm³/mol. The molecule has 0 saturated carbocycles. The van der Waals surface area contributed by atoms with Crippen molar-refractivity contribution in [3.63, 3.8) is 0 Å². The molecule has 0 radical (unpaired) electrons. The number of aromatic nitrogens is 1. The highest BCUT2D eigenvalue weighted by molar-refractivity contribution is 5.95. The van der Waals surface area contributed by atoms with E-state index in [1.807, 2.05) is 24.3 Å². The van der Waals surface area contributed by atoms with E-state index in [0.29, 0.717) is 5.88 Å². The third-order valence-electron chi connectivity index (χ3n) is 2.00. The first-order valence-electron chi connectivity index (χ1n) is 4.00. The molecule has 1 aromatic heterocycles. The molecule has 2 aromatic rings. The number of rotatable bonds is 1. The molecule has 0 aliphatic carbocycles. The number of ether oxygens (including phenoxy) is 1. The van der Waals surface area contributed by atoms with E-state index in [4.69, 9.17) is 10.5 Å². The maximum atomic E-state index is 5.80. The standard InChI is InChI=1S/C10H10N2O/c1-13-10-8-3-2-4-9(11)7(8)5-6-12-10/h2-6H,11H2,1H3. The van der Waals surface area contributed by atoms with E-state index < -0.39 is 0 Å². The van der Waals surface area contributed by atoms with Crippen LogP contribution in [0.3, 0.4) is 0 Å². The minimum absolute atomic E-state index is 0.616. The summed E-state index contributed by atoms with van der Waals surface area (Å²) in [5, 5.41) is 1.93. The van der Waals surface area contributed by atoms with Gasteiger partial charge in [-0.25, -0.2) is 4.98 Å². The summed E-state index contributed by atoms with van der Waals surface area (Å²) in [7, 11) is 1.60. The molecule has 0 aliphatic heterocycles. The Morgan fingerprint density at radius 3 is 2.85 bits per heavy atom. The third kappa shape index (κ3) is 1.18. The van der Waals surface area contributed by atoms with E-state index in [9.17, 15) is 0 Å². The average Bonchev–Trinajstić information content (AvgIpc) is 2.18. The highest BCUT2D eigenvalue weighted by Crippen LogP contribution is 2.26. The minimum atomic E-state index is 0.616. The Morgan fingerprint density at radius 1 is 1.23 bits per heavy atom. The van der Waals surface area contributed by atoms with Gasteiger partial charge in [0.15, 0.2) is 0 Å². The second-order valence-corrected chi connectivity index (χ2v) is 2.76. The molecule has 0 unspecified atom stereocenters. The molecule has 0 aliphatic rings. The van der Waals surface area contributed by atoms with Gasteiger partial charge in [0, 0.05) is 22.7 Å². The SMILES string of the molecule is COc1nccc2c(N)cccc12. The summed E-state index contributed by atoms with van der Waals surface area (Å²) in [6, 6.07) is 7.58. The highest BCUT2D eigenvalue weighted by atomic mass is 16.5. The van der Waals surface area contributed by atoms with Crippen LogP contribution in [0.2, 0.25) is 0 Å². The first-order chi connectivity index (χ1) is 6.33. The number of pyridine rings is 1. The van der Waals surface area contributed by atoms with E-state index in [-0.39, 0.29) is 0 Å². The number of benzene rings is 1. The van der Waals surface area contributed by atoms with E-state index in [1.165, 1.54) is 0 Å². The van der Waals surface area contributed by atoms with Gasteiger partial charge in [-0.2, -0.15) is 0 Å². The van der Waals surface area contributed by atoms with Gasteiger partial charge in [0.05, 0.1) is 7.11 Å². The van der Waals surface area contributed by atoms with Gasteiger partial charge in [0.1, 0.15) is 0 Å². The topological polar surface area (TPSA) is 48.1 Å². The normalized spacial score (nSPS) is 10.2. The smallest absolute Gasteiger partial charge is 0.221 e. The average molecular weight is 174 g/mol. The first-order valence-corrected chi connectivity index (χ1v) is 4.00. The number of methoxy groups -OCH3 is 1. The van der Waals surface area contributed by atoms with E-state index in [2.05, 4.69) is 4.98 Å². The Hall–Kier alpha value is -1.77. The van der Waals surface area contributed by atoms with Crippen LogP contribution in [-0.2, 0) is 0 Å². The van der Waals surface area contributed by atoms with Gasteiger partial charge in [-0.05, 0) is 18.2 Å². The lowest BCUT2D eigenvalue weighted by Gasteiger charge is -2.04. The van der Waals surface area contributed by atoms with Gasteiger partial charge in [0.25, 0.3) is 0 Å². The first kappa shape index (κ1) is 7.86. The summed E-state index contributed by atoms with van der Waals surface area (Å²) in [6.07, 6.45) is 1.69. The van der Waals surface area contributed by atoms with Crippen molar-refractivity contribution in [3.8, 4) is 5.88 Å². The molecule has 1 aromatic carbocycles. The molecular formula is C10H10N2O. The summed E-state index contributed by atoms with van der Waals surface area (Å²) in [6.45, 7) is 0. The van der Waals surface area contributed by atoms with E-state index in [1.54, 1.807) is 13.3 Å². The monoisotopic (exact) mass is 174 g/mol. The van der Waals surface area contributed by atoms with E-state index >= 15 is 0 Å². The van der Waals surface area contributed by atoms with Crippen molar-refractivity contribution in [3.05, 3.63) is 30.5 Å². The molecule has 1 heterocycles. The number of nitrogens with two attached hydrogens (primary N) is 1. The zero-order valence-corrected chi connectivity index (χ0v) is 7.32. The molecule has 0 atom stereocenters. The largest absolute Gasteiger partial charge is 0.481 e. The number of hydrogen-bond acceptors (Lipinski definition) is 3. The summed E-state index contributed by atoms with van der Waals surface area (Å²) in [5.74, 6) is 0.616. The lowest BCUT2D eigenvalue weighted by Crippen LogP contribution is -1.91. The Bertz CT molecular complexity index is 440. The maximum Gasteiger partial charge on any atom is 0.221 e. The van der Waals surface area contributed by atoms with Crippen LogP contribution < -0.4 is 10.5 Å². The fourth-order valence-corrected chi connectivity index (χ4v) is 1.37. The van der Waals surface area contributed by atoms with Gasteiger partial charge < -0.3 is 10.5 Å². The maximum absolute atomic E-state index is 5.80. The van der Waals surface area contributed by atoms with Crippen molar-refractivity contribution >= 4 is 16.5 Å². The van der Waals surface area contributed by atoms with Crippen molar-refractivity contribution in [1.82, 2.24) is 4.98 Å². The second kappa shape index (κ2) is 2.94. The van der Waals surface area contributed by atoms with Crippen molar-refractivity contribution in [2.24, 2.45) is 0 Å². The molecule has 0 amide bonds. The quantitative estimate of drug-likeness (QED) is 0.671. The molecule has 3 heteroatoms. The molecule has 0 fully saturated rings. The van der Waals surface area contributed by atoms with Crippen LogP contribution in [0.15, 0.2) is 30.5 Å². The molecule has 66 valence electrons. The highest BCUT2D eigenvalue weighted by Gasteiger charge is 2.02. The summed E-state index contributed by atoms with van der Waals surface area (Å²) >= 11 is 0. The molecule has 0 spiro atoms. The lowest BCUT2D eigenvalue weighted by molar-refractivity contribution is 0.403. The lowest BCUT2D eigenvalue weighted by atomic mass is 10.1. The molecule has 0 saturated heterocycles. The number of hydrogen-bond donors (Lipinski definition) is 1. The summed E-state index contributed by atoms with van der Waals surface area (Å²) in [4.78, 5) is 4.09. The molecule has 2 rings (SSSR count). The molecule has 0 bridgehead atoms. The van der Waals surface area contributed by atoms with Crippen LogP contribution >= 0.6 is 0 Å². The second-order valence-electron chi connectivity index (χ2n) is 2.76. The summed E-state index contributed by atoms with van der Waals surface area (Å²) < 4.78 is 5.12. The Labute approximate surface area is 76.2 Å². The number of anilines is 1. The van der Waals surface area contributed by atoms with Gasteiger partial charge in [-0.15, -0.1) is 0 Å². The van der Waals surface area contributed by atoms with Crippen LogP contribution in [-0.4, -0.2) is 12.1 Å². The van der Waals surface area contributed by atoms with Gasteiger partial charge >= 0.3 is 0 Å². The fourth-order valence-electron chi connectivity index (χ4n) is 1.37. The molecule has 2 N–H and O–H groups in total. The van der Waals surface area contributed by atoms with Crippen molar-refractivity contribution in [2.75, 3.05) is 12.8 Å². The van der Waals surface area contributed by atoms with Crippen LogP contribution in [0.5, 0.6) is 5.88 Å². The Balaban J connectivity index is 2.84. The van der Waals surface area contributed by atoms with Crippen LogP contribution in [0.4, 0.5) is 5.69 Å². The van der Waals surface area contributed by atoms with Gasteiger partial charge in [-0.1, -0.05) is 6.07 Å². The third-order valence-corrected chi connectivity index (χ3v) is 2.00. The number of nitrogen functional groups attached to an aromatic ring is 1. The van der Waals surface area contributed by atoms with Crippen LogP contribution in [0.1, 0.15) is 0 Å². The minimum Gasteiger partial charge on any atom is -0.481 e. The molecule has 3 nitrogen and oxygen atoms in total. The van der Waals surface area contributed by atoms with Crippen molar-refractivity contribution in [1.29, 1.82) is 0 Å². The zero-order valence-electron chi connectivity index (χ0n) is 7.32. The fraction of sp³-hybridized carbons (Fsp3) is 0.100. The number of nitrogens with zero attached hydrogens (tertiary/aromatic N) is 1. The predicted octanol–water partition coefficient (Wildman–Crippen LogP) is 1.83. The molecule has 13 heavy (non-hydrogen) atoms.